The van der Waals surface area contributed by atoms with Gasteiger partial charge < -0.3 is 11.1 Å². The van der Waals surface area contributed by atoms with E-state index in [2.05, 4.69) is 10.3 Å². The van der Waals surface area contributed by atoms with E-state index in [1.165, 1.54) is 11.6 Å². The highest BCUT2D eigenvalue weighted by Crippen LogP contribution is 2.10. The topological polar surface area (TPSA) is 74.2 Å². The van der Waals surface area contributed by atoms with Crippen molar-refractivity contribution < 1.29 is 4.39 Å². The molecule has 23 heavy (non-hydrogen) atoms. The third-order valence-corrected chi connectivity index (χ3v) is 3.16. The molecule has 0 heterocycles. The number of halogens is 2. The van der Waals surface area contributed by atoms with E-state index in [1.807, 2.05) is 36.4 Å². The molecule has 3 N–H and O–H groups in total. The number of nitriles is 1. The first-order chi connectivity index (χ1) is 10.7. The summed E-state index contributed by atoms with van der Waals surface area (Å²) >= 11 is 0. The molecule has 0 aliphatic heterocycles. The summed E-state index contributed by atoms with van der Waals surface area (Å²) in [6.07, 6.45) is 0.836. The maximum Gasteiger partial charge on any atom is 0.188 e. The van der Waals surface area contributed by atoms with Gasteiger partial charge in [-0.2, -0.15) is 5.26 Å². The Balaban J connectivity index is 0.00000264. The predicted octanol–water partition coefficient (Wildman–Crippen LogP) is 2.96. The molecule has 4 nitrogen and oxygen atoms in total. The molecular formula is C17H18FIN4. The first-order valence-electron chi connectivity index (χ1n) is 6.95. The molecule has 120 valence electrons. The Hall–Kier alpha value is -2.14. The molecule has 2 rings (SSSR count). The van der Waals surface area contributed by atoms with Gasteiger partial charge in [0.1, 0.15) is 5.82 Å². The van der Waals surface area contributed by atoms with Crippen LogP contribution in [0, 0.1) is 17.1 Å². The Bertz CT molecular complexity index is 695. The minimum absolute atomic E-state index is 0. The number of hydrogen-bond acceptors (Lipinski definition) is 2. The smallest absolute Gasteiger partial charge is 0.188 e. The summed E-state index contributed by atoms with van der Waals surface area (Å²) in [5, 5.41) is 11.7. The molecule has 0 spiro atoms. The minimum Gasteiger partial charge on any atom is -0.370 e. The molecule has 6 heteroatoms. The van der Waals surface area contributed by atoms with Crippen molar-refractivity contribution in [2.24, 2.45) is 10.7 Å². The summed E-state index contributed by atoms with van der Waals surface area (Å²) in [4.78, 5) is 4.10. The van der Waals surface area contributed by atoms with Gasteiger partial charge in [-0.05, 0) is 24.1 Å². The lowest BCUT2D eigenvalue weighted by molar-refractivity contribution is 0.610. The first-order valence-corrected chi connectivity index (χ1v) is 6.95. The van der Waals surface area contributed by atoms with E-state index < -0.39 is 5.82 Å². The van der Waals surface area contributed by atoms with Gasteiger partial charge in [-0.1, -0.05) is 36.4 Å². The summed E-state index contributed by atoms with van der Waals surface area (Å²) in [5.41, 5.74) is 7.67. The number of hydrogen-bond donors (Lipinski definition) is 2. The molecule has 0 atom stereocenters. The monoisotopic (exact) mass is 424 g/mol. The van der Waals surface area contributed by atoms with E-state index in [9.17, 15) is 4.39 Å². The van der Waals surface area contributed by atoms with Crippen molar-refractivity contribution in [2.75, 3.05) is 6.54 Å². The summed E-state index contributed by atoms with van der Waals surface area (Å²) in [6, 6.07) is 16.2. The SMILES string of the molecule is I.N#Cc1ccc(CN=C(N)NCCc2ccccc2)c(F)c1. The fourth-order valence-corrected chi connectivity index (χ4v) is 1.95. The standard InChI is InChI=1S/C17H17FN4.HI/c18-16-10-14(11-19)6-7-15(16)12-22-17(20)21-9-8-13-4-2-1-3-5-13;/h1-7,10H,8-9,12H2,(H3,20,21,22);1H. The second-order valence-electron chi connectivity index (χ2n) is 4.78. The Morgan fingerprint density at radius 1 is 1.22 bits per heavy atom. The van der Waals surface area contributed by atoms with Crippen LogP contribution in [0.5, 0.6) is 0 Å². The number of rotatable bonds is 5. The van der Waals surface area contributed by atoms with Crippen LogP contribution in [0.15, 0.2) is 53.5 Å². The van der Waals surface area contributed by atoms with E-state index >= 15 is 0 Å². The van der Waals surface area contributed by atoms with Crippen LogP contribution >= 0.6 is 24.0 Å². The molecule has 0 saturated carbocycles. The highest BCUT2D eigenvalue weighted by Gasteiger charge is 2.03. The van der Waals surface area contributed by atoms with E-state index in [4.69, 9.17) is 11.0 Å². The van der Waals surface area contributed by atoms with Crippen molar-refractivity contribution in [2.45, 2.75) is 13.0 Å². The van der Waals surface area contributed by atoms with Crippen LogP contribution in [0.3, 0.4) is 0 Å². The second-order valence-corrected chi connectivity index (χ2v) is 4.78. The summed E-state index contributed by atoms with van der Waals surface area (Å²) in [7, 11) is 0. The third kappa shape index (κ3) is 6.24. The van der Waals surface area contributed by atoms with Gasteiger partial charge in [0.2, 0.25) is 0 Å². The average molecular weight is 424 g/mol. The van der Waals surface area contributed by atoms with Crippen molar-refractivity contribution in [3.05, 3.63) is 71.0 Å². The van der Waals surface area contributed by atoms with Gasteiger partial charge in [-0.3, -0.25) is 0 Å². The van der Waals surface area contributed by atoms with Gasteiger partial charge in [0.15, 0.2) is 5.96 Å². The lowest BCUT2D eigenvalue weighted by Gasteiger charge is -2.06. The van der Waals surface area contributed by atoms with Gasteiger partial charge >= 0.3 is 0 Å². The Morgan fingerprint density at radius 2 is 1.96 bits per heavy atom. The molecule has 0 amide bonds. The van der Waals surface area contributed by atoms with Crippen LogP contribution in [0.1, 0.15) is 16.7 Å². The molecule has 0 aromatic heterocycles. The lowest BCUT2D eigenvalue weighted by atomic mass is 10.1. The molecule has 0 fully saturated rings. The average Bonchev–Trinajstić information content (AvgIpc) is 2.54. The molecule has 2 aromatic rings. The van der Waals surface area contributed by atoms with Gasteiger partial charge in [0, 0.05) is 12.1 Å². The Labute approximate surface area is 152 Å². The number of nitrogens with zero attached hydrogens (tertiary/aromatic N) is 2. The lowest BCUT2D eigenvalue weighted by Crippen LogP contribution is -2.33. The molecule has 0 saturated heterocycles. The zero-order chi connectivity index (χ0) is 15.8. The summed E-state index contributed by atoms with van der Waals surface area (Å²) < 4.78 is 13.7. The summed E-state index contributed by atoms with van der Waals surface area (Å²) in [5.74, 6) is -0.167. The van der Waals surface area contributed by atoms with Crippen molar-refractivity contribution in [3.63, 3.8) is 0 Å². The molecule has 2 aromatic carbocycles. The van der Waals surface area contributed by atoms with Crippen LogP contribution in [-0.4, -0.2) is 12.5 Å². The fourth-order valence-electron chi connectivity index (χ4n) is 1.95. The number of nitrogens with one attached hydrogen (secondary N) is 1. The number of nitrogens with two attached hydrogens (primary N) is 1. The van der Waals surface area contributed by atoms with Crippen molar-refractivity contribution in [1.29, 1.82) is 5.26 Å². The maximum atomic E-state index is 13.7. The fraction of sp³-hybridized carbons (Fsp3) is 0.176. The maximum absolute atomic E-state index is 13.7. The van der Waals surface area contributed by atoms with Crippen LogP contribution in [0.4, 0.5) is 4.39 Å². The second kappa shape index (κ2) is 9.79. The van der Waals surface area contributed by atoms with Crippen LogP contribution < -0.4 is 11.1 Å². The van der Waals surface area contributed by atoms with Gasteiger partial charge in [-0.15, -0.1) is 24.0 Å². The largest absolute Gasteiger partial charge is 0.370 e. The molecule has 0 bridgehead atoms. The van der Waals surface area contributed by atoms with Gasteiger partial charge in [-0.25, -0.2) is 9.38 Å². The van der Waals surface area contributed by atoms with Crippen LogP contribution in [0.25, 0.3) is 0 Å². The molecule has 0 aliphatic rings. The molecular weight excluding hydrogens is 406 g/mol. The predicted molar refractivity (Wildman–Crippen MR) is 100 cm³/mol. The van der Waals surface area contributed by atoms with Crippen molar-refractivity contribution in [3.8, 4) is 6.07 Å². The minimum atomic E-state index is -0.445. The van der Waals surface area contributed by atoms with Crippen molar-refractivity contribution >= 4 is 29.9 Å². The first kappa shape index (κ1) is 18.9. The Morgan fingerprint density at radius 3 is 2.61 bits per heavy atom. The summed E-state index contributed by atoms with van der Waals surface area (Å²) in [6.45, 7) is 0.802. The molecule has 0 unspecified atom stereocenters. The van der Waals surface area contributed by atoms with Gasteiger partial charge in [0.05, 0.1) is 18.2 Å². The quantitative estimate of drug-likeness (QED) is 0.441. The van der Waals surface area contributed by atoms with Gasteiger partial charge in [0.25, 0.3) is 0 Å². The van der Waals surface area contributed by atoms with Crippen LogP contribution in [-0.2, 0) is 13.0 Å². The molecule has 0 radical (unpaired) electrons. The number of aliphatic imine (C=N–C) groups is 1. The third-order valence-electron chi connectivity index (χ3n) is 3.16. The Kier molecular flexibility index (Phi) is 8.05. The highest BCUT2D eigenvalue weighted by atomic mass is 127. The number of benzene rings is 2. The molecule has 0 aliphatic carbocycles. The van der Waals surface area contributed by atoms with E-state index in [0.717, 1.165) is 6.42 Å². The van der Waals surface area contributed by atoms with E-state index in [0.29, 0.717) is 17.7 Å². The normalized spacial score (nSPS) is 10.5. The number of guanidine groups is 1. The zero-order valence-electron chi connectivity index (χ0n) is 12.5. The van der Waals surface area contributed by atoms with E-state index in [1.54, 1.807) is 12.1 Å². The van der Waals surface area contributed by atoms with Crippen molar-refractivity contribution in [1.82, 2.24) is 5.32 Å². The zero-order valence-corrected chi connectivity index (χ0v) is 14.8. The van der Waals surface area contributed by atoms with Crippen LogP contribution in [0.2, 0.25) is 0 Å². The van der Waals surface area contributed by atoms with E-state index in [-0.39, 0.29) is 36.5 Å². The highest BCUT2D eigenvalue weighted by molar-refractivity contribution is 14.0.